The van der Waals surface area contributed by atoms with Gasteiger partial charge in [-0.05, 0) is 44.6 Å². The van der Waals surface area contributed by atoms with Crippen LogP contribution in [0, 0.1) is 0 Å². The van der Waals surface area contributed by atoms with Crippen molar-refractivity contribution in [3.8, 4) is 0 Å². The van der Waals surface area contributed by atoms with E-state index in [1.807, 2.05) is 0 Å². The van der Waals surface area contributed by atoms with Crippen LogP contribution in [0.5, 0.6) is 0 Å². The maximum Gasteiger partial charge on any atom is 0.242 e. The van der Waals surface area contributed by atoms with Crippen LogP contribution in [0.25, 0.3) is 0 Å². The highest BCUT2D eigenvalue weighted by Gasteiger charge is 2.18. The molecule has 0 saturated heterocycles. The molecule has 1 aromatic rings. The molecule has 0 heterocycles. The molecule has 0 fully saturated rings. The van der Waals surface area contributed by atoms with Crippen molar-refractivity contribution in [2.75, 3.05) is 31.5 Å². The van der Waals surface area contributed by atoms with Crippen molar-refractivity contribution in [1.82, 2.24) is 9.62 Å². The van der Waals surface area contributed by atoms with Gasteiger partial charge < -0.3 is 10.2 Å². The number of amides is 1. The van der Waals surface area contributed by atoms with E-state index in [-0.39, 0.29) is 10.8 Å². The lowest BCUT2D eigenvalue weighted by molar-refractivity contribution is -0.114. The summed E-state index contributed by atoms with van der Waals surface area (Å²) in [7, 11) is -3.63. The highest BCUT2D eigenvalue weighted by atomic mass is 32.2. The van der Waals surface area contributed by atoms with Gasteiger partial charge in [0.05, 0.1) is 5.69 Å². The first-order valence-corrected chi connectivity index (χ1v) is 9.47. The number of anilines is 1. The summed E-state index contributed by atoms with van der Waals surface area (Å²) >= 11 is 0. The Morgan fingerprint density at radius 2 is 1.78 bits per heavy atom. The number of para-hydroxylation sites is 1. The number of sulfonamides is 1. The third kappa shape index (κ3) is 6.68. The molecule has 1 rings (SSSR count). The summed E-state index contributed by atoms with van der Waals surface area (Å²) < 4.78 is 27.3. The first-order valence-electron chi connectivity index (χ1n) is 7.99. The van der Waals surface area contributed by atoms with E-state index < -0.39 is 10.0 Å². The number of nitrogens with zero attached hydrogens (tertiary/aromatic N) is 1. The van der Waals surface area contributed by atoms with Crippen molar-refractivity contribution < 1.29 is 13.2 Å². The summed E-state index contributed by atoms with van der Waals surface area (Å²) in [6, 6.07) is 6.40. The van der Waals surface area contributed by atoms with Crippen LogP contribution in [0.3, 0.4) is 0 Å². The molecule has 7 heteroatoms. The maximum absolute atomic E-state index is 12.4. The molecular formula is C16H27N3O3S. The van der Waals surface area contributed by atoms with Crippen LogP contribution in [0.4, 0.5) is 5.69 Å². The molecule has 0 aromatic heterocycles. The van der Waals surface area contributed by atoms with E-state index in [0.717, 1.165) is 32.5 Å². The number of carbonyl (C=O) groups is 1. The zero-order chi connectivity index (χ0) is 17.3. The molecule has 0 unspecified atom stereocenters. The number of unbranched alkanes of at least 4 members (excludes halogenated alkanes) is 1. The van der Waals surface area contributed by atoms with Crippen LogP contribution in [-0.2, 0) is 14.8 Å². The van der Waals surface area contributed by atoms with Crippen molar-refractivity contribution >= 4 is 21.6 Å². The molecule has 2 N–H and O–H groups in total. The second-order valence-corrected chi connectivity index (χ2v) is 7.04. The summed E-state index contributed by atoms with van der Waals surface area (Å²) in [4.78, 5) is 13.6. The molecule has 0 aliphatic heterocycles. The number of hydrogen-bond acceptors (Lipinski definition) is 4. The molecule has 1 amide bonds. The SMILES string of the molecule is CCN(CC)CCCCNS(=O)(=O)c1ccccc1NC(C)=O. The normalized spacial score (nSPS) is 11.7. The Morgan fingerprint density at radius 1 is 1.13 bits per heavy atom. The molecule has 0 radical (unpaired) electrons. The van der Waals surface area contributed by atoms with Crippen LogP contribution >= 0.6 is 0 Å². The first-order chi connectivity index (χ1) is 10.9. The predicted octanol–water partition coefficient (Wildman–Crippen LogP) is 2.05. The van der Waals surface area contributed by atoms with Crippen LogP contribution < -0.4 is 10.0 Å². The summed E-state index contributed by atoms with van der Waals surface area (Å²) in [6.45, 7) is 8.95. The second kappa shape index (κ2) is 9.64. The van der Waals surface area contributed by atoms with Gasteiger partial charge in [-0.15, -0.1) is 0 Å². The minimum atomic E-state index is -3.63. The molecule has 0 atom stereocenters. The van der Waals surface area contributed by atoms with E-state index >= 15 is 0 Å². The van der Waals surface area contributed by atoms with Gasteiger partial charge in [0.15, 0.2) is 0 Å². The Bertz CT molecular complexity index is 598. The molecule has 0 aliphatic carbocycles. The topological polar surface area (TPSA) is 78.5 Å². The lowest BCUT2D eigenvalue weighted by Gasteiger charge is -2.17. The van der Waals surface area contributed by atoms with Gasteiger partial charge >= 0.3 is 0 Å². The minimum absolute atomic E-state index is 0.0962. The lowest BCUT2D eigenvalue weighted by Crippen LogP contribution is -2.28. The minimum Gasteiger partial charge on any atom is -0.325 e. The van der Waals surface area contributed by atoms with E-state index in [1.54, 1.807) is 18.2 Å². The smallest absolute Gasteiger partial charge is 0.242 e. The Morgan fingerprint density at radius 3 is 2.39 bits per heavy atom. The molecule has 1 aromatic carbocycles. The first kappa shape index (κ1) is 19.6. The number of benzene rings is 1. The summed E-state index contributed by atoms with van der Waals surface area (Å²) in [5.74, 6) is -0.299. The van der Waals surface area contributed by atoms with Crippen molar-refractivity contribution in [3.63, 3.8) is 0 Å². The van der Waals surface area contributed by atoms with E-state index in [1.165, 1.54) is 13.0 Å². The van der Waals surface area contributed by atoms with E-state index in [2.05, 4.69) is 28.8 Å². The molecule has 0 aliphatic rings. The number of nitrogens with one attached hydrogen (secondary N) is 2. The molecule has 0 spiro atoms. The molecule has 23 heavy (non-hydrogen) atoms. The molecule has 0 saturated carbocycles. The summed E-state index contributed by atoms with van der Waals surface area (Å²) in [5, 5.41) is 2.55. The Labute approximate surface area is 139 Å². The third-order valence-corrected chi connectivity index (χ3v) is 5.09. The van der Waals surface area contributed by atoms with Gasteiger partial charge in [0, 0.05) is 13.5 Å². The zero-order valence-electron chi connectivity index (χ0n) is 14.1. The van der Waals surface area contributed by atoms with Gasteiger partial charge in [-0.1, -0.05) is 26.0 Å². The molecular weight excluding hydrogens is 314 g/mol. The van der Waals surface area contributed by atoms with Gasteiger partial charge in [-0.25, -0.2) is 13.1 Å². The fraction of sp³-hybridized carbons (Fsp3) is 0.562. The second-order valence-electron chi connectivity index (χ2n) is 5.31. The third-order valence-electron chi connectivity index (χ3n) is 3.57. The predicted molar refractivity (Wildman–Crippen MR) is 93.0 cm³/mol. The van der Waals surface area contributed by atoms with Gasteiger partial charge in [-0.2, -0.15) is 0 Å². The van der Waals surface area contributed by atoms with Crippen molar-refractivity contribution in [1.29, 1.82) is 0 Å². The molecule has 0 bridgehead atoms. The van der Waals surface area contributed by atoms with Crippen LogP contribution in [0.15, 0.2) is 29.2 Å². The fourth-order valence-electron chi connectivity index (χ4n) is 2.28. The van der Waals surface area contributed by atoms with Gasteiger partial charge in [0.2, 0.25) is 15.9 Å². The highest BCUT2D eigenvalue weighted by Crippen LogP contribution is 2.20. The molecule has 6 nitrogen and oxygen atoms in total. The quantitative estimate of drug-likeness (QED) is 0.639. The number of rotatable bonds is 10. The van der Waals surface area contributed by atoms with E-state index in [4.69, 9.17) is 0 Å². The van der Waals surface area contributed by atoms with Crippen LogP contribution in [0.2, 0.25) is 0 Å². The average molecular weight is 341 g/mol. The van der Waals surface area contributed by atoms with Crippen molar-refractivity contribution in [3.05, 3.63) is 24.3 Å². The maximum atomic E-state index is 12.4. The Hall–Kier alpha value is -1.44. The zero-order valence-corrected chi connectivity index (χ0v) is 14.9. The Kier molecular flexibility index (Phi) is 8.22. The average Bonchev–Trinajstić information content (AvgIpc) is 2.50. The van der Waals surface area contributed by atoms with Gasteiger partial charge in [0.1, 0.15) is 4.90 Å². The summed E-state index contributed by atoms with van der Waals surface area (Å²) in [6.07, 6.45) is 1.72. The summed E-state index contributed by atoms with van der Waals surface area (Å²) in [5.41, 5.74) is 0.302. The number of hydrogen-bond donors (Lipinski definition) is 2. The van der Waals surface area contributed by atoms with Gasteiger partial charge in [-0.3, -0.25) is 4.79 Å². The van der Waals surface area contributed by atoms with Crippen LogP contribution in [-0.4, -0.2) is 45.4 Å². The van der Waals surface area contributed by atoms with Crippen molar-refractivity contribution in [2.24, 2.45) is 0 Å². The lowest BCUT2D eigenvalue weighted by atomic mass is 10.3. The standard InChI is InChI=1S/C16H27N3O3S/c1-4-19(5-2)13-9-8-12-17-23(21,22)16-11-7-6-10-15(16)18-14(3)20/h6-7,10-11,17H,4-5,8-9,12-13H2,1-3H3,(H,18,20). The van der Waals surface area contributed by atoms with E-state index in [9.17, 15) is 13.2 Å². The fourth-order valence-corrected chi connectivity index (χ4v) is 3.51. The van der Waals surface area contributed by atoms with Crippen LogP contribution in [0.1, 0.15) is 33.6 Å². The van der Waals surface area contributed by atoms with Crippen molar-refractivity contribution in [2.45, 2.75) is 38.5 Å². The Balaban J connectivity index is 2.58. The monoisotopic (exact) mass is 341 g/mol. The highest BCUT2D eigenvalue weighted by molar-refractivity contribution is 7.89. The van der Waals surface area contributed by atoms with E-state index in [0.29, 0.717) is 12.2 Å². The molecule has 130 valence electrons. The largest absolute Gasteiger partial charge is 0.325 e. The number of carbonyl (C=O) groups excluding carboxylic acids is 1. The van der Waals surface area contributed by atoms with Gasteiger partial charge in [0.25, 0.3) is 0 Å².